The Morgan fingerprint density at radius 1 is 1.48 bits per heavy atom. The zero-order valence-corrected chi connectivity index (χ0v) is 16.3. The Bertz CT molecular complexity index is 631. The third kappa shape index (κ3) is 6.29. The molecule has 0 bridgehead atoms. The van der Waals surface area contributed by atoms with Crippen molar-refractivity contribution in [2.75, 3.05) is 46.6 Å². The lowest BCUT2D eigenvalue weighted by molar-refractivity contribution is -0.123. The summed E-state index contributed by atoms with van der Waals surface area (Å²) in [4.78, 5) is 13.9. The maximum absolute atomic E-state index is 11.9. The Morgan fingerprint density at radius 3 is 2.92 bits per heavy atom. The standard InChI is InChI=1S/C17H22IN3O4/c1-3-6-25-17-14(18)9-13(10-15(17)23-2)11-19-20-16(22)12-21-4-7-24-8-5-21/h3,9-11H,1,4-8,12H2,2H3,(H,20,22)/b19-11-. The molecule has 0 unspecified atom stereocenters. The van der Waals surface area contributed by atoms with Crippen LogP contribution in [0, 0.1) is 3.57 Å². The number of nitrogens with zero attached hydrogens (tertiary/aromatic N) is 2. The zero-order valence-electron chi connectivity index (χ0n) is 14.2. The second-order valence-electron chi connectivity index (χ2n) is 5.32. The fraction of sp³-hybridized carbons (Fsp3) is 0.412. The minimum absolute atomic E-state index is 0.147. The third-order valence-corrected chi connectivity index (χ3v) is 4.27. The lowest BCUT2D eigenvalue weighted by Gasteiger charge is -2.25. The molecule has 1 aromatic carbocycles. The molecule has 8 heteroatoms. The molecule has 25 heavy (non-hydrogen) atoms. The van der Waals surface area contributed by atoms with E-state index >= 15 is 0 Å². The summed E-state index contributed by atoms with van der Waals surface area (Å²) in [5.41, 5.74) is 3.35. The van der Waals surface area contributed by atoms with Gasteiger partial charge in [-0.3, -0.25) is 9.69 Å². The molecule has 7 nitrogen and oxygen atoms in total. The Morgan fingerprint density at radius 2 is 2.24 bits per heavy atom. The first-order chi connectivity index (χ1) is 12.1. The van der Waals surface area contributed by atoms with Crippen molar-refractivity contribution in [3.8, 4) is 11.5 Å². The quantitative estimate of drug-likeness (QED) is 0.277. The van der Waals surface area contributed by atoms with E-state index in [0.717, 1.165) is 22.2 Å². The lowest BCUT2D eigenvalue weighted by Crippen LogP contribution is -2.42. The van der Waals surface area contributed by atoms with Crippen LogP contribution in [0.2, 0.25) is 0 Å². The number of hydrogen-bond donors (Lipinski definition) is 1. The average Bonchev–Trinajstić information content (AvgIpc) is 2.61. The summed E-state index contributed by atoms with van der Waals surface area (Å²) < 4.78 is 17.1. The molecule has 1 aliphatic heterocycles. The first-order valence-corrected chi connectivity index (χ1v) is 8.95. The van der Waals surface area contributed by atoms with Gasteiger partial charge in [-0.1, -0.05) is 12.7 Å². The van der Waals surface area contributed by atoms with Gasteiger partial charge in [0.1, 0.15) is 6.61 Å². The molecule has 1 heterocycles. The number of carbonyl (C=O) groups is 1. The van der Waals surface area contributed by atoms with E-state index in [4.69, 9.17) is 14.2 Å². The fourth-order valence-electron chi connectivity index (χ4n) is 2.27. The van der Waals surface area contributed by atoms with Crippen molar-refractivity contribution in [1.82, 2.24) is 10.3 Å². The van der Waals surface area contributed by atoms with Gasteiger partial charge in [0, 0.05) is 13.1 Å². The highest BCUT2D eigenvalue weighted by Crippen LogP contribution is 2.33. The maximum Gasteiger partial charge on any atom is 0.254 e. The van der Waals surface area contributed by atoms with Crippen LogP contribution in [0.3, 0.4) is 0 Å². The summed E-state index contributed by atoms with van der Waals surface area (Å²) in [6.07, 6.45) is 3.26. The van der Waals surface area contributed by atoms with Crippen molar-refractivity contribution in [3.63, 3.8) is 0 Å². The molecule has 0 aliphatic carbocycles. The molecule has 0 radical (unpaired) electrons. The van der Waals surface area contributed by atoms with E-state index in [1.807, 2.05) is 11.0 Å². The first-order valence-electron chi connectivity index (χ1n) is 7.87. The number of benzene rings is 1. The van der Waals surface area contributed by atoms with Crippen LogP contribution in [0.5, 0.6) is 11.5 Å². The lowest BCUT2D eigenvalue weighted by atomic mass is 10.2. The SMILES string of the molecule is C=CCOc1c(I)cc(/C=N\NC(=O)CN2CCOCC2)cc1OC. The van der Waals surface area contributed by atoms with Crippen molar-refractivity contribution in [3.05, 3.63) is 33.9 Å². The van der Waals surface area contributed by atoms with Gasteiger partial charge in [0.05, 0.1) is 36.7 Å². The van der Waals surface area contributed by atoms with Crippen molar-refractivity contribution in [1.29, 1.82) is 0 Å². The van der Waals surface area contributed by atoms with Gasteiger partial charge in [-0.05, 0) is 40.3 Å². The highest BCUT2D eigenvalue weighted by atomic mass is 127. The molecule has 1 saturated heterocycles. The number of hydrogen-bond acceptors (Lipinski definition) is 6. The Labute approximate surface area is 161 Å². The van der Waals surface area contributed by atoms with E-state index in [2.05, 4.69) is 39.7 Å². The molecule has 136 valence electrons. The van der Waals surface area contributed by atoms with E-state index in [-0.39, 0.29) is 5.91 Å². The summed E-state index contributed by atoms with van der Waals surface area (Å²) >= 11 is 2.17. The van der Waals surface area contributed by atoms with E-state index in [1.165, 1.54) is 0 Å². The van der Waals surface area contributed by atoms with Gasteiger partial charge in [0.2, 0.25) is 0 Å². The van der Waals surface area contributed by atoms with Crippen LogP contribution in [-0.4, -0.2) is 63.6 Å². The highest BCUT2D eigenvalue weighted by Gasteiger charge is 2.14. The number of ether oxygens (including phenoxy) is 3. The van der Waals surface area contributed by atoms with Gasteiger partial charge in [-0.25, -0.2) is 5.43 Å². The minimum Gasteiger partial charge on any atom is -0.493 e. The van der Waals surface area contributed by atoms with Crippen LogP contribution in [-0.2, 0) is 9.53 Å². The van der Waals surface area contributed by atoms with E-state index < -0.39 is 0 Å². The summed E-state index contributed by atoms with van der Waals surface area (Å²) in [5.74, 6) is 1.12. The van der Waals surface area contributed by atoms with Crippen molar-refractivity contribution in [2.45, 2.75) is 0 Å². The van der Waals surface area contributed by atoms with Gasteiger partial charge >= 0.3 is 0 Å². The molecular weight excluding hydrogens is 437 g/mol. The van der Waals surface area contributed by atoms with Crippen molar-refractivity contribution in [2.24, 2.45) is 5.10 Å². The normalized spacial score (nSPS) is 15.1. The predicted octanol–water partition coefficient (Wildman–Crippen LogP) is 1.65. The number of methoxy groups -OCH3 is 1. The second-order valence-corrected chi connectivity index (χ2v) is 6.48. The van der Waals surface area contributed by atoms with E-state index in [9.17, 15) is 4.79 Å². The monoisotopic (exact) mass is 459 g/mol. The van der Waals surface area contributed by atoms with Crippen LogP contribution < -0.4 is 14.9 Å². The third-order valence-electron chi connectivity index (χ3n) is 3.47. The van der Waals surface area contributed by atoms with Crippen LogP contribution in [0.4, 0.5) is 0 Å². The molecule has 0 atom stereocenters. The zero-order chi connectivity index (χ0) is 18.1. The van der Waals surface area contributed by atoms with Gasteiger partial charge in [0.15, 0.2) is 11.5 Å². The number of nitrogens with one attached hydrogen (secondary N) is 1. The van der Waals surface area contributed by atoms with E-state index in [0.29, 0.717) is 37.9 Å². The Kier molecular flexibility index (Phi) is 8.16. The number of hydrazone groups is 1. The van der Waals surface area contributed by atoms with Gasteiger partial charge in [0.25, 0.3) is 5.91 Å². The van der Waals surface area contributed by atoms with Crippen LogP contribution in [0.25, 0.3) is 0 Å². The summed E-state index contributed by atoms with van der Waals surface area (Å²) in [6, 6.07) is 3.71. The van der Waals surface area contributed by atoms with Crippen LogP contribution >= 0.6 is 22.6 Å². The number of rotatable bonds is 8. The van der Waals surface area contributed by atoms with Gasteiger partial charge in [-0.15, -0.1) is 0 Å². The number of carbonyl (C=O) groups excluding carboxylic acids is 1. The Balaban J connectivity index is 1.94. The molecular formula is C17H22IN3O4. The largest absolute Gasteiger partial charge is 0.493 e. The minimum atomic E-state index is -0.147. The molecule has 1 fully saturated rings. The Hall–Kier alpha value is -1.65. The van der Waals surface area contributed by atoms with Crippen molar-refractivity contribution < 1.29 is 19.0 Å². The molecule has 0 spiro atoms. The molecule has 1 aromatic rings. The molecule has 2 rings (SSSR count). The van der Waals surface area contributed by atoms with Crippen molar-refractivity contribution >= 4 is 34.7 Å². The molecule has 1 N–H and O–H groups in total. The fourth-order valence-corrected chi connectivity index (χ4v) is 3.05. The molecule has 1 amide bonds. The van der Waals surface area contributed by atoms with E-state index in [1.54, 1.807) is 25.5 Å². The number of amides is 1. The van der Waals surface area contributed by atoms with Crippen LogP contribution in [0.1, 0.15) is 5.56 Å². The molecule has 0 saturated carbocycles. The first kappa shape index (κ1) is 19.7. The molecule has 0 aromatic heterocycles. The molecule has 1 aliphatic rings. The summed E-state index contributed by atoms with van der Waals surface area (Å²) in [7, 11) is 1.58. The second kappa shape index (κ2) is 10.4. The van der Waals surface area contributed by atoms with Gasteiger partial charge in [-0.2, -0.15) is 5.10 Å². The topological polar surface area (TPSA) is 72.4 Å². The maximum atomic E-state index is 11.9. The highest BCUT2D eigenvalue weighted by molar-refractivity contribution is 14.1. The average molecular weight is 459 g/mol. The summed E-state index contributed by atoms with van der Waals surface area (Å²) in [5, 5.41) is 4.02. The number of morpholine rings is 1. The number of halogens is 1. The van der Waals surface area contributed by atoms with Gasteiger partial charge < -0.3 is 14.2 Å². The smallest absolute Gasteiger partial charge is 0.254 e. The van der Waals surface area contributed by atoms with Crippen LogP contribution in [0.15, 0.2) is 29.9 Å². The predicted molar refractivity (Wildman–Crippen MR) is 104 cm³/mol. The summed E-state index contributed by atoms with van der Waals surface area (Å²) in [6.45, 7) is 7.20.